The molecule has 1 aromatic heterocycles. The molecule has 1 atom stereocenters. The van der Waals surface area contributed by atoms with Gasteiger partial charge < -0.3 is 9.88 Å². The number of fused-ring (bicyclic) bond motifs is 1. The molecule has 27 heavy (non-hydrogen) atoms. The third-order valence-corrected chi connectivity index (χ3v) is 5.35. The van der Waals surface area contributed by atoms with Crippen molar-refractivity contribution in [3.05, 3.63) is 39.4 Å². The third-order valence-electron chi connectivity index (χ3n) is 5.03. The molecule has 0 aliphatic heterocycles. The van der Waals surface area contributed by atoms with Crippen molar-refractivity contribution < 1.29 is 4.79 Å². The molecular formula is C21H31N3O2S. The van der Waals surface area contributed by atoms with Crippen molar-refractivity contribution in [1.29, 1.82) is 0 Å². The highest BCUT2D eigenvalue weighted by Crippen LogP contribution is 2.12. The number of para-hydroxylation sites is 1. The molecule has 1 aromatic carbocycles. The number of nitrogens with zero attached hydrogens (tertiary/aromatic N) is 2. The molecule has 0 saturated carbocycles. The Kier molecular flexibility index (Phi) is 7.78. The van der Waals surface area contributed by atoms with E-state index in [1.165, 1.54) is 0 Å². The maximum absolute atomic E-state index is 12.6. The Morgan fingerprint density at radius 1 is 1.19 bits per heavy atom. The van der Waals surface area contributed by atoms with E-state index < -0.39 is 0 Å². The quantitative estimate of drug-likeness (QED) is 0.507. The van der Waals surface area contributed by atoms with Crippen molar-refractivity contribution in [2.75, 3.05) is 7.05 Å². The minimum Gasteiger partial charge on any atom is -0.343 e. The second-order valence-corrected chi connectivity index (χ2v) is 8.11. The van der Waals surface area contributed by atoms with Crippen LogP contribution in [0.2, 0.25) is 0 Å². The van der Waals surface area contributed by atoms with Crippen LogP contribution in [0.15, 0.2) is 29.1 Å². The number of carbonyl (C=O) groups is 1. The molecule has 2 aromatic rings. The summed E-state index contributed by atoms with van der Waals surface area (Å²) in [6.07, 6.45) is 4.13. The molecule has 0 aliphatic rings. The van der Waals surface area contributed by atoms with Crippen LogP contribution >= 0.6 is 12.2 Å². The molecule has 1 heterocycles. The molecule has 0 spiro atoms. The summed E-state index contributed by atoms with van der Waals surface area (Å²) in [5, 5.41) is 0.655. The van der Waals surface area contributed by atoms with E-state index in [4.69, 9.17) is 12.2 Å². The molecule has 1 amide bonds. The summed E-state index contributed by atoms with van der Waals surface area (Å²) in [7, 11) is 1.89. The Morgan fingerprint density at radius 3 is 2.59 bits per heavy atom. The average molecular weight is 390 g/mol. The number of hydrogen-bond donors (Lipinski definition) is 1. The summed E-state index contributed by atoms with van der Waals surface area (Å²) in [5.74, 6) is 0.781. The van der Waals surface area contributed by atoms with Gasteiger partial charge in [-0.05, 0) is 56.5 Å². The lowest BCUT2D eigenvalue weighted by Gasteiger charge is -2.26. The molecule has 0 bridgehead atoms. The third kappa shape index (κ3) is 5.76. The van der Waals surface area contributed by atoms with E-state index in [1.54, 1.807) is 4.57 Å². The first-order valence-electron chi connectivity index (χ1n) is 9.78. The minimum atomic E-state index is -0.0485. The van der Waals surface area contributed by atoms with E-state index in [0.717, 1.165) is 31.2 Å². The molecule has 0 saturated heterocycles. The Hall–Kier alpha value is -1.95. The number of rotatable bonds is 9. The lowest BCUT2D eigenvalue weighted by atomic mass is 10.0. The van der Waals surface area contributed by atoms with Crippen LogP contribution in [-0.4, -0.2) is 33.4 Å². The van der Waals surface area contributed by atoms with Gasteiger partial charge in [-0.1, -0.05) is 32.4 Å². The predicted octanol–water partition coefficient (Wildman–Crippen LogP) is 4.51. The molecule has 0 aliphatic carbocycles. The van der Waals surface area contributed by atoms with Crippen LogP contribution in [0.1, 0.15) is 52.9 Å². The van der Waals surface area contributed by atoms with Crippen molar-refractivity contribution in [2.45, 2.75) is 65.5 Å². The second-order valence-electron chi connectivity index (χ2n) is 7.73. The molecular weight excluding hydrogens is 358 g/mol. The Balaban J connectivity index is 1.84. The van der Waals surface area contributed by atoms with Crippen LogP contribution in [0.3, 0.4) is 0 Å². The van der Waals surface area contributed by atoms with Crippen molar-refractivity contribution >= 4 is 29.0 Å². The van der Waals surface area contributed by atoms with E-state index in [0.29, 0.717) is 29.0 Å². The highest BCUT2D eigenvalue weighted by molar-refractivity contribution is 7.71. The van der Waals surface area contributed by atoms with Crippen LogP contribution in [0.25, 0.3) is 10.9 Å². The molecule has 1 unspecified atom stereocenters. The molecule has 1 N–H and O–H groups in total. The van der Waals surface area contributed by atoms with Gasteiger partial charge in [0.15, 0.2) is 4.77 Å². The molecule has 6 heteroatoms. The van der Waals surface area contributed by atoms with Gasteiger partial charge in [0.25, 0.3) is 5.56 Å². The lowest BCUT2D eigenvalue weighted by molar-refractivity contribution is -0.132. The summed E-state index contributed by atoms with van der Waals surface area (Å²) in [5.41, 5.74) is 0.723. The topological polar surface area (TPSA) is 58.1 Å². The average Bonchev–Trinajstić information content (AvgIpc) is 2.62. The van der Waals surface area contributed by atoms with Gasteiger partial charge in [0, 0.05) is 26.1 Å². The summed E-state index contributed by atoms with van der Waals surface area (Å²) in [6, 6.07) is 7.68. The fourth-order valence-electron chi connectivity index (χ4n) is 3.39. The van der Waals surface area contributed by atoms with Gasteiger partial charge in [-0.2, -0.15) is 0 Å². The van der Waals surface area contributed by atoms with Gasteiger partial charge >= 0.3 is 0 Å². The van der Waals surface area contributed by atoms with Gasteiger partial charge in [-0.25, -0.2) is 0 Å². The van der Waals surface area contributed by atoms with Gasteiger partial charge in [0.05, 0.1) is 10.9 Å². The first kappa shape index (κ1) is 21.4. The Bertz CT molecular complexity index is 885. The summed E-state index contributed by atoms with van der Waals surface area (Å²) < 4.78 is 2.08. The fraction of sp³-hybridized carbons (Fsp3) is 0.571. The van der Waals surface area contributed by atoms with E-state index in [1.807, 2.05) is 36.2 Å². The van der Waals surface area contributed by atoms with E-state index in [2.05, 4.69) is 25.8 Å². The van der Waals surface area contributed by atoms with Crippen LogP contribution in [-0.2, 0) is 11.3 Å². The van der Waals surface area contributed by atoms with Crippen molar-refractivity contribution in [3.63, 3.8) is 0 Å². The summed E-state index contributed by atoms with van der Waals surface area (Å²) in [4.78, 5) is 29.9. The smallest absolute Gasteiger partial charge is 0.262 e. The highest BCUT2D eigenvalue weighted by atomic mass is 32.1. The normalized spacial score (nSPS) is 12.5. The number of aromatic nitrogens is 2. The number of amides is 1. The highest BCUT2D eigenvalue weighted by Gasteiger charge is 2.16. The molecule has 148 valence electrons. The largest absolute Gasteiger partial charge is 0.343 e. The Labute approximate surface area is 166 Å². The lowest BCUT2D eigenvalue weighted by Crippen LogP contribution is -2.35. The number of unbranched alkanes of at least 4 members (excludes halogenated alkanes) is 2. The van der Waals surface area contributed by atoms with Gasteiger partial charge in [0.2, 0.25) is 5.91 Å². The first-order chi connectivity index (χ1) is 12.8. The number of hydrogen-bond acceptors (Lipinski definition) is 3. The summed E-state index contributed by atoms with van der Waals surface area (Å²) in [6.45, 7) is 7.03. The first-order valence-corrected chi connectivity index (χ1v) is 10.2. The number of nitrogens with one attached hydrogen (secondary N) is 1. The Morgan fingerprint density at radius 2 is 1.89 bits per heavy atom. The SMILES string of the molecule is CC(C)CC(C)N(C)C(=O)CCCCCn1c(=S)[nH]c2ccccc2c1=O. The number of carbonyl (C=O) groups excluding carboxylic acids is 1. The monoisotopic (exact) mass is 389 g/mol. The zero-order chi connectivity index (χ0) is 20.0. The van der Waals surface area contributed by atoms with Crippen molar-refractivity contribution in [3.8, 4) is 0 Å². The van der Waals surface area contributed by atoms with Crippen molar-refractivity contribution in [1.82, 2.24) is 14.5 Å². The van der Waals surface area contributed by atoms with Crippen molar-refractivity contribution in [2.24, 2.45) is 5.92 Å². The molecule has 0 fully saturated rings. The maximum Gasteiger partial charge on any atom is 0.262 e. The van der Waals surface area contributed by atoms with E-state index >= 15 is 0 Å². The minimum absolute atomic E-state index is 0.0485. The standard InChI is InChI=1S/C21H31N3O2S/c1-15(2)14-16(3)23(4)19(25)12-6-5-9-13-24-20(26)17-10-7-8-11-18(17)22-21(24)27/h7-8,10-11,15-16H,5-6,9,12-14H2,1-4H3,(H,22,27). The number of aromatic amines is 1. The molecule has 0 radical (unpaired) electrons. The van der Waals surface area contributed by atoms with Crippen LogP contribution in [0.4, 0.5) is 0 Å². The van der Waals surface area contributed by atoms with E-state index in [9.17, 15) is 9.59 Å². The zero-order valence-corrected chi connectivity index (χ0v) is 17.6. The second kappa shape index (κ2) is 9.83. The fourth-order valence-corrected chi connectivity index (χ4v) is 3.67. The summed E-state index contributed by atoms with van der Waals surface area (Å²) >= 11 is 5.33. The molecule has 5 nitrogen and oxygen atoms in total. The van der Waals surface area contributed by atoms with Crippen LogP contribution in [0.5, 0.6) is 0 Å². The van der Waals surface area contributed by atoms with E-state index in [-0.39, 0.29) is 17.5 Å². The van der Waals surface area contributed by atoms with Crippen LogP contribution < -0.4 is 5.56 Å². The van der Waals surface area contributed by atoms with Gasteiger partial charge in [0.1, 0.15) is 0 Å². The van der Waals surface area contributed by atoms with Crippen LogP contribution in [0, 0.1) is 10.7 Å². The molecule has 2 rings (SSSR count). The predicted molar refractivity (Wildman–Crippen MR) is 114 cm³/mol. The maximum atomic E-state index is 12.6. The number of H-pyrrole nitrogens is 1. The zero-order valence-electron chi connectivity index (χ0n) is 16.8. The van der Waals surface area contributed by atoms with Gasteiger partial charge in [-0.15, -0.1) is 0 Å². The number of benzene rings is 1. The van der Waals surface area contributed by atoms with Gasteiger partial charge in [-0.3, -0.25) is 14.2 Å².